The summed E-state index contributed by atoms with van der Waals surface area (Å²) in [5.41, 5.74) is 0.932. The number of thiazole rings is 1. The van der Waals surface area contributed by atoms with Gasteiger partial charge in [-0.05, 0) is 19.2 Å². The smallest absolute Gasteiger partial charge is 0.314 e. The van der Waals surface area contributed by atoms with Crippen molar-refractivity contribution in [3.8, 4) is 0 Å². The van der Waals surface area contributed by atoms with E-state index in [2.05, 4.69) is 30.8 Å². The second-order valence-electron chi connectivity index (χ2n) is 8.33. The Balaban J connectivity index is 1.42. The standard InChI is InChI=1S/C21H24ClN7O4S/c1-28-6-5-12-15(10-28)34-21(26-12)20(33)25-14-9-29(2)17(30)7-13(14)24-18(31)19(32)27-16-4-3-11(22)8-23-16/h3-4,8,13-14H,5-7,9-10H2,1-2H3,(H,24,31)(H,25,33)(H,23,27,32)/t13-,14?/m0/s1. The van der Waals surface area contributed by atoms with E-state index in [0.717, 1.165) is 30.1 Å². The van der Waals surface area contributed by atoms with Crippen molar-refractivity contribution in [1.82, 2.24) is 30.4 Å². The van der Waals surface area contributed by atoms with Crippen LogP contribution in [0.2, 0.25) is 5.02 Å². The van der Waals surface area contributed by atoms with Gasteiger partial charge < -0.3 is 25.8 Å². The Labute approximate surface area is 204 Å². The molecule has 2 aromatic heterocycles. The molecule has 0 bridgehead atoms. The van der Waals surface area contributed by atoms with Crippen LogP contribution in [0.4, 0.5) is 5.82 Å². The molecule has 2 aliphatic heterocycles. The molecule has 34 heavy (non-hydrogen) atoms. The number of hydrogen-bond donors (Lipinski definition) is 3. The van der Waals surface area contributed by atoms with Gasteiger partial charge in [-0.15, -0.1) is 11.3 Å². The van der Waals surface area contributed by atoms with E-state index in [1.54, 1.807) is 7.05 Å². The SMILES string of the molecule is CN1CCc2nc(C(=O)NC3CN(C)C(=O)C[C@@H]3NC(=O)C(=O)Nc3ccc(Cl)cn3)sc2C1. The summed E-state index contributed by atoms with van der Waals surface area (Å²) in [4.78, 5) is 63.1. The predicted octanol–water partition coefficient (Wildman–Crippen LogP) is 0.263. The average molecular weight is 506 g/mol. The van der Waals surface area contributed by atoms with Crippen molar-refractivity contribution in [3.05, 3.63) is 38.9 Å². The fourth-order valence-electron chi connectivity index (χ4n) is 3.82. The lowest BCUT2D eigenvalue weighted by Crippen LogP contribution is -2.62. The molecule has 180 valence electrons. The molecule has 1 fully saturated rings. The first-order valence-electron chi connectivity index (χ1n) is 10.6. The number of carbonyl (C=O) groups is 4. The topological polar surface area (TPSA) is 137 Å². The van der Waals surface area contributed by atoms with Crippen LogP contribution in [0.25, 0.3) is 0 Å². The van der Waals surface area contributed by atoms with E-state index in [0.29, 0.717) is 10.0 Å². The quantitative estimate of drug-likeness (QED) is 0.507. The fraction of sp³-hybridized carbons (Fsp3) is 0.429. The molecule has 2 atom stereocenters. The highest BCUT2D eigenvalue weighted by Gasteiger charge is 2.36. The Bertz CT molecular complexity index is 1120. The highest BCUT2D eigenvalue weighted by molar-refractivity contribution is 7.13. The molecule has 0 saturated carbocycles. The van der Waals surface area contributed by atoms with E-state index < -0.39 is 23.9 Å². The summed E-state index contributed by atoms with van der Waals surface area (Å²) in [6, 6.07) is 1.63. The van der Waals surface area contributed by atoms with Crippen LogP contribution in [-0.2, 0) is 27.3 Å². The molecule has 4 amide bonds. The number of likely N-dealkylation sites (N-methyl/N-ethyl adjacent to an activating group) is 2. The molecular formula is C21H24ClN7O4S. The van der Waals surface area contributed by atoms with Crippen molar-refractivity contribution in [1.29, 1.82) is 0 Å². The molecule has 4 heterocycles. The zero-order valence-corrected chi connectivity index (χ0v) is 20.2. The molecule has 3 N–H and O–H groups in total. The van der Waals surface area contributed by atoms with Gasteiger partial charge in [-0.3, -0.25) is 19.2 Å². The number of amides is 4. The van der Waals surface area contributed by atoms with Crippen molar-refractivity contribution in [2.45, 2.75) is 31.5 Å². The molecule has 0 aromatic carbocycles. The number of halogens is 1. The normalized spacial score (nSPS) is 20.4. The van der Waals surface area contributed by atoms with E-state index in [-0.39, 0.29) is 30.6 Å². The Hall–Kier alpha value is -3.09. The van der Waals surface area contributed by atoms with Gasteiger partial charge in [0.1, 0.15) is 5.82 Å². The molecule has 0 aliphatic carbocycles. The molecule has 11 nitrogen and oxygen atoms in total. The number of nitrogens with zero attached hydrogens (tertiary/aromatic N) is 4. The van der Waals surface area contributed by atoms with Crippen LogP contribution in [0.5, 0.6) is 0 Å². The van der Waals surface area contributed by atoms with Crippen LogP contribution in [0.3, 0.4) is 0 Å². The van der Waals surface area contributed by atoms with Crippen molar-refractivity contribution in [2.24, 2.45) is 0 Å². The molecule has 0 radical (unpaired) electrons. The summed E-state index contributed by atoms with van der Waals surface area (Å²) in [5.74, 6) is -2.30. The van der Waals surface area contributed by atoms with Crippen LogP contribution >= 0.6 is 22.9 Å². The highest BCUT2D eigenvalue weighted by Crippen LogP contribution is 2.25. The number of likely N-dealkylation sites (tertiary alicyclic amines) is 1. The number of aromatic nitrogens is 2. The van der Waals surface area contributed by atoms with E-state index in [1.807, 2.05) is 7.05 Å². The lowest BCUT2D eigenvalue weighted by molar-refractivity contribution is -0.139. The first kappa shape index (κ1) is 24.0. The van der Waals surface area contributed by atoms with Crippen molar-refractivity contribution in [3.63, 3.8) is 0 Å². The lowest BCUT2D eigenvalue weighted by Gasteiger charge is -2.36. The average Bonchev–Trinajstić information content (AvgIpc) is 3.22. The Kier molecular flexibility index (Phi) is 7.10. The largest absolute Gasteiger partial charge is 0.344 e. The van der Waals surface area contributed by atoms with Gasteiger partial charge >= 0.3 is 11.8 Å². The van der Waals surface area contributed by atoms with Gasteiger partial charge in [-0.25, -0.2) is 9.97 Å². The molecule has 0 spiro atoms. The minimum Gasteiger partial charge on any atom is -0.344 e. The maximum atomic E-state index is 12.9. The first-order chi connectivity index (χ1) is 16.2. The van der Waals surface area contributed by atoms with Crippen LogP contribution in [0.1, 0.15) is 26.8 Å². The molecule has 1 unspecified atom stereocenters. The number of nitrogens with one attached hydrogen (secondary N) is 3. The Morgan fingerprint density at radius 2 is 1.94 bits per heavy atom. The zero-order chi connectivity index (χ0) is 24.4. The molecule has 13 heteroatoms. The van der Waals surface area contributed by atoms with Gasteiger partial charge in [0.15, 0.2) is 5.01 Å². The van der Waals surface area contributed by atoms with Crippen molar-refractivity contribution < 1.29 is 19.2 Å². The maximum Gasteiger partial charge on any atom is 0.314 e. The summed E-state index contributed by atoms with van der Waals surface area (Å²) in [5, 5.41) is 8.56. The maximum absolute atomic E-state index is 12.9. The minimum absolute atomic E-state index is 0.0567. The van der Waals surface area contributed by atoms with Gasteiger partial charge in [0.2, 0.25) is 5.91 Å². The number of hydrogen-bond acceptors (Lipinski definition) is 8. The van der Waals surface area contributed by atoms with Crippen LogP contribution < -0.4 is 16.0 Å². The first-order valence-corrected chi connectivity index (χ1v) is 11.8. The second-order valence-corrected chi connectivity index (χ2v) is 9.85. The third-order valence-corrected chi connectivity index (χ3v) is 7.01. The summed E-state index contributed by atoms with van der Waals surface area (Å²) >= 11 is 7.12. The number of fused-ring (bicyclic) bond motifs is 1. The van der Waals surface area contributed by atoms with E-state index in [9.17, 15) is 19.2 Å². The van der Waals surface area contributed by atoms with Crippen molar-refractivity contribution >= 4 is 52.4 Å². The summed E-state index contributed by atoms with van der Waals surface area (Å²) in [6.07, 6.45) is 2.07. The van der Waals surface area contributed by atoms with Gasteiger partial charge in [0.25, 0.3) is 5.91 Å². The monoisotopic (exact) mass is 505 g/mol. The fourth-order valence-corrected chi connectivity index (χ4v) is 5.02. The van der Waals surface area contributed by atoms with E-state index in [4.69, 9.17) is 11.6 Å². The second kappa shape index (κ2) is 10.0. The molecule has 4 rings (SSSR count). The van der Waals surface area contributed by atoms with Crippen LogP contribution in [-0.4, -0.2) is 82.7 Å². The van der Waals surface area contributed by atoms with E-state index in [1.165, 1.54) is 34.6 Å². The zero-order valence-electron chi connectivity index (χ0n) is 18.6. The Morgan fingerprint density at radius 1 is 1.15 bits per heavy atom. The predicted molar refractivity (Wildman–Crippen MR) is 125 cm³/mol. The van der Waals surface area contributed by atoms with E-state index >= 15 is 0 Å². The van der Waals surface area contributed by atoms with Gasteiger partial charge in [-0.1, -0.05) is 11.6 Å². The molecule has 2 aliphatic rings. The molecular weight excluding hydrogens is 482 g/mol. The summed E-state index contributed by atoms with van der Waals surface area (Å²) in [7, 11) is 3.64. The number of piperidine rings is 1. The molecule has 1 saturated heterocycles. The minimum atomic E-state index is -0.942. The number of carbonyl (C=O) groups excluding carboxylic acids is 4. The third-order valence-electron chi connectivity index (χ3n) is 5.70. The highest BCUT2D eigenvalue weighted by atomic mass is 35.5. The third kappa shape index (κ3) is 5.51. The summed E-state index contributed by atoms with van der Waals surface area (Å²) in [6.45, 7) is 1.82. The number of anilines is 1. The number of pyridine rings is 1. The van der Waals surface area contributed by atoms with Crippen molar-refractivity contribution in [2.75, 3.05) is 32.5 Å². The summed E-state index contributed by atoms with van der Waals surface area (Å²) < 4.78 is 0. The molecule has 2 aromatic rings. The Morgan fingerprint density at radius 3 is 2.68 bits per heavy atom. The number of rotatable bonds is 4. The van der Waals surface area contributed by atoms with Gasteiger partial charge in [0, 0.05) is 50.6 Å². The van der Waals surface area contributed by atoms with Gasteiger partial charge in [0.05, 0.1) is 22.8 Å². The van der Waals surface area contributed by atoms with Crippen LogP contribution in [0.15, 0.2) is 18.3 Å². The van der Waals surface area contributed by atoms with Crippen LogP contribution in [0, 0.1) is 0 Å². The van der Waals surface area contributed by atoms with Gasteiger partial charge in [-0.2, -0.15) is 0 Å². The lowest BCUT2D eigenvalue weighted by atomic mass is 9.98.